The molecule has 2 aromatic rings. The van der Waals surface area contributed by atoms with Crippen molar-refractivity contribution in [2.45, 2.75) is 0 Å². The van der Waals surface area contributed by atoms with Crippen LogP contribution in [0.5, 0.6) is 0 Å². The van der Waals surface area contributed by atoms with Crippen LogP contribution in [0.4, 0.5) is 4.79 Å². The predicted molar refractivity (Wildman–Crippen MR) is 70.5 cm³/mol. The van der Waals surface area contributed by atoms with Gasteiger partial charge in [-0.1, -0.05) is 60.7 Å². The lowest BCUT2D eigenvalue weighted by atomic mass is 10.4. The molecular formula is C13H14NO2P. The van der Waals surface area contributed by atoms with Crippen molar-refractivity contribution in [1.82, 2.24) is 6.15 Å². The molecule has 0 aliphatic rings. The zero-order valence-electron chi connectivity index (χ0n) is 9.54. The number of carbonyl (C=O) groups excluding carboxylic acids is 1. The monoisotopic (exact) mass is 247 g/mol. The van der Waals surface area contributed by atoms with Crippen molar-refractivity contribution in [3.8, 4) is 0 Å². The molecule has 0 bridgehead atoms. The molecule has 0 spiro atoms. The van der Waals surface area contributed by atoms with Gasteiger partial charge in [-0.15, -0.1) is 0 Å². The lowest BCUT2D eigenvalue weighted by Crippen LogP contribution is -2.28. The first-order valence-electron chi connectivity index (χ1n) is 4.90. The van der Waals surface area contributed by atoms with E-state index in [4.69, 9.17) is 0 Å². The number of carbonyl (C=O) groups is 1. The Hall–Kier alpha value is -1.70. The SMILES string of the molecule is O=C([O-])P(c1ccccc1)c1ccccc1.[NH4+]. The van der Waals surface area contributed by atoms with Crippen molar-refractivity contribution in [1.29, 1.82) is 0 Å². The number of hydrogen-bond acceptors (Lipinski definition) is 2. The molecule has 2 aromatic carbocycles. The number of hydrogen-bond donors (Lipinski definition) is 1. The second kappa shape index (κ2) is 6.14. The van der Waals surface area contributed by atoms with Gasteiger partial charge in [0.2, 0.25) is 0 Å². The standard InChI is InChI=1S/C13H11O2P.H3N/c14-13(15)16(11-7-3-1-4-8-11)12-9-5-2-6-10-12;/h1-10H,(H,14,15);1H3. The Balaban J connectivity index is 0.00000144. The van der Waals surface area contributed by atoms with E-state index in [-0.39, 0.29) is 6.15 Å². The molecule has 0 amide bonds. The maximum absolute atomic E-state index is 11.2. The van der Waals surface area contributed by atoms with E-state index in [1.807, 2.05) is 60.7 Å². The Morgan fingerprint density at radius 1 is 0.824 bits per heavy atom. The number of carboxylic acid groups (broad SMARTS) is 1. The summed E-state index contributed by atoms with van der Waals surface area (Å²) in [5.41, 5.74) is -1.01. The maximum atomic E-state index is 11.2. The van der Waals surface area contributed by atoms with Gasteiger partial charge in [-0.3, -0.25) is 0 Å². The first-order chi connectivity index (χ1) is 7.79. The van der Waals surface area contributed by atoms with Crippen LogP contribution < -0.4 is 21.9 Å². The lowest BCUT2D eigenvalue weighted by Gasteiger charge is -2.18. The fourth-order valence-corrected chi connectivity index (χ4v) is 3.17. The van der Waals surface area contributed by atoms with Crippen molar-refractivity contribution in [2.24, 2.45) is 0 Å². The summed E-state index contributed by atoms with van der Waals surface area (Å²) in [4.78, 5) is 11.2. The first kappa shape index (κ1) is 13.4. The highest BCUT2D eigenvalue weighted by molar-refractivity contribution is 7.87. The highest BCUT2D eigenvalue weighted by atomic mass is 31.1. The van der Waals surface area contributed by atoms with Crippen LogP contribution in [0.1, 0.15) is 0 Å². The molecule has 2 rings (SSSR count). The summed E-state index contributed by atoms with van der Waals surface area (Å²) in [5.74, 6) is 0. The summed E-state index contributed by atoms with van der Waals surface area (Å²) in [6.07, 6.45) is 0. The number of rotatable bonds is 3. The predicted octanol–water partition coefficient (Wildman–Crippen LogP) is 1.84. The van der Waals surface area contributed by atoms with Crippen molar-refractivity contribution >= 4 is 24.2 Å². The van der Waals surface area contributed by atoms with Crippen LogP contribution in [-0.2, 0) is 0 Å². The van der Waals surface area contributed by atoms with Gasteiger partial charge >= 0.3 is 0 Å². The Labute approximate surface area is 101 Å². The van der Waals surface area contributed by atoms with Gasteiger partial charge < -0.3 is 16.1 Å². The molecule has 88 valence electrons. The number of benzene rings is 2. The molecule has 0 unspecified atom stereocenters. The Bertz CT molecular complexity index is 434. The summed E-state index contributed by atoms with van der Waals surface area (Å²) >= 11 is 0. The fraction of sp³-hybridized carbons (Fsp3) is 0. The van der Waals surface area contributed by atoms with Crippen LogP contribution in [0.15, 0.2) is 60.7 Å². The van der Waals surface area contributed by atoms with Crippen LogP contribution in [0.25, 0.3) is 0 Å². The molecule has 3 nitrogen and oxygen atoms in total. The molecule has 17 heavy (non-hydrogen) atoms. The van der Waals surface area contributed by atoms with Crippen LogP contribution in [0.2, 0.25) is 0 Å². The third-order valence-electron chi connectivity index (χ3n) is 2.21. The van der Waals surface area contributed by atoms with Gasteiger partial charge in [0.1, 0.15) is 0 Å². The fourth-order valence-electron chi connectivity index (χ4n) is 1.51. The van der Waals surface area contributed by atoms with Gasteiger partial charge in [-0.05, 0) is 10.6 Å². The van der Waals surface area contributed by atoms with Crippen LogP contribution in [-0.4, -0.2) is 5.71 Å². The molecule has 0 aromatic heterocycles. The van der Waals surface area contributed by atoms with Gasteiger partial charge in [0.05, 0.1) is 5.71 Å². The van der Waals surface area contributed by atoms with E-state index >= 15 is 0 Å². The van der Waals surface area contributed by atoms with Gasteiger partial charge in [-0.25, -0.2) is 0 Å². The minimum absolute atomic E-state index is 0. The third kappa shape index (κ3) is 3.13. The largest absolute Gasteiger partial charge is 0.544 e. The van der Waals surface area contributed by atoms with Gasteiger partial charge in [-0.2, -0.15) is 0 Å². The zero-order valence-corrected chi connectivity index (χ0v) is 10.4. The van der Waals surface area contributed by atoms with Crippen molar-refractivity contribution in [2.75, 3.05) is 0 Å². The molecule has 0 radical (unpaired) electrons. The van der Waals surface area contributed by atoms with Gasteiger partial charge in [0.15, 0.2) is 0 Å². The van der Waals surface area contributed by atoms with Gasteiger partial charge in [0.25, 0.3) is 0 Å². The molecule has 0 aliphatic heterocycles. The highest BCUT2D eigenvalue weighted by Crippen LogP contribution is 2.32. The summed E-state index contributed by atoms with van der Waals surface area (Å²) in [6, 6.07) is 18.4. The smallest absolute Gasteiger partial charge is 0.0737 e. The summed E-state index contributed by atoms with van der Waals surface area (Å²) in [7, 11) is -1.40. The normalized spacial score (nSPS) is 9.71. The lowest BCUT2D eigenvalue weighted by molar-refractivity contribution is -0.233. The minimum Gasteiger partial charge on any atom is -0.544 e. The maximum Gasteiger partial charge on any atom is 0.0737 e. The minimum atomic E-state index is -1.40. The average Bonchev–Trinajstić information content (AvgIpc) is 2.31. The highest BCUT2D eigenvalue weighted by Gasteiger charge is 2.13. The summed E-state index contributed by atoms with van der Waals surface area (Å²) in [5, 5.41) is 12.8. The average molecular weight is 247 g/mol. The molecule has 0 aliphatic carbocycles. The quantitative estimate of drug-likeness (QED) is 0.840. The Morgan fingerprint density at radius 3 is 1.47 bits per heavy atom. The second-order valence-electron chi connectivity index (χ2n) is 3.27. The Morgan fingerprint density at radius 2 is 1.18 bits per heavy atom. The van der Waals surface area contributed by atoms with Crippen LogP contribution >= 0.6 is 7.92 Å². The van der Waals surface area contributed by atoms with Crippen molar-refractivity contribution < 1.29 is 9.90 Å². The van der Waals surface area contributed by atoms with E-state index < -0.39 is 13.6 Å². The molecule has 4 heteroatoms. The Kier molecular flexibility index (Phi) is 4.83. The third-order valence-corrected chi connectivity index (χ3v) is 4.21. The molecule has 0 heterocycles. The summed E-state index contributed by atoms with van der Waals surface area (Å²) in [6.45, 7) is 0. The molecule has 0 atom stereocenters. The topological polar surface area (TPSA) is 76.6 Å². The van der Waals surface area contributed by atoms with E-state index in [0.29, 0.717) is 0 Å². The summed E-state index contributed by atoms with van der Waals surface area (Å²) < 4.78 is 0. The van der Waals surface area contributed by atoms with E-state index in [0.717, 1.165) is 10.6 Å². The number of quaternary nitrogens is 1. The van der Waals surface area contributed by atoms with Crippen LogP contribution in [0, 0.1) is 0 Å². The molecule has 0 fully saturated rings. The van der Waals surface area contributed by atoms with Crippen LogP contribution in [0.3, 0.4) is 0 Å². The van der Waals surface area contributed by atoms with Crippen molar-refractivity contribution in [3.05, 3.63) is 60.7 Å². The van der Waals surface area contributed by atoms with Crippen molar-refractivity contribution in [3.63, 3.8) is 0 Å². The first-order valence-corrected chi connectivity index (χ1v) is 6.24. The molecule has 0 saturated carbocycles. The second-order valence-corrected chi connectivity index (χ2v) is 5.34. The van der Waals surface area contributed by atoms with E-state index in [1.165, 1.54) is 0 Å². The molecule has 4 N–H and O–H groups in total. The zero-order chi connectivity index (χ0) is 11.4. The van der Waals surface area contributed by atoms with E-state index in [9.17, 15) is 9.90 Å². The molecule has 0 saturated heterocycles. The van der Waals surface area contributed by atoms with E-state index in [1.54, 1.807) is 0 Å². The van der Waals surface area contributed by atoms with E-state index in [2.05, 4.69) is 0 Å². The molecular weight excluding hydrogens is 233 g/mol. The van der Waals surface area contributed by atoms with Gasteiger partial charge in [0, 0.05) is 7.92 Å².